The lowest BCUT2D eigenvalue weighted by Gasteiger charge is -2.23. The summed E-state index contributed by atoms with van der Waals surface area (Å²) in [5.74, 6) is 0.130. The molecule has 1 aliphatic rings. The van der Waals surface area contributed by atoms with Gasteiger partial charge in [0.05, 0.1) is 0 Å². The van der Waals surface area contributed by atoms with Crippen LogP contribution >= 0.6 is 0 Å². The molecule has 0 bridgehead atoms. The molecule has 1 aromatic heterocycles. The fourth-order valence-corrected chi connectivity index (χ4v) is 3.71. The van der Waals surface area contributed by atoms with E-state index in [0.717, 1.165) is 29.3 Å². The van der Waals surface area contributed by atoms with Gasteiger partial charge in [-0.05, 0) is 53.4 Å². The summed E-state index contributed by atoms with van der Waals surface area (Å²) >= 11 is 0. The number of fused-ring (bicyclic) bond motifs is 2. The lowest BCUT2D eigenvalue weighted by atomic mass is 10.1. The van der Waals surface area contributed by atoms with E-state index in [0.29, 0.717) is 12.6 Å². The number of rotatable bonds is 4. The van der Waals surface area contributed by atoms with E-state index in [1.807, 2.05) is 41.4 Å². The number of hydrogen-bond acceptors (Lipinski definition) is 1. The summed E-state index contributed by atoms with van der Waals surface area (Å²) < 4.78 is 0. The van der Waals surface area contributed by atoms with E-state index in [9.17, 15) is 4.79 Å². The third-order valence-electron chi connectivity index (χ3n) is 5.27. The maximum absolute atomic E-state index is 13.3. The molecule has 3 heteroatoms. The minimum atomic E-state index is 0.130. The fourth-order valence-electron chi connectivity index (χ4n) is 3.71. The lowest BCUT2D eigenvalue weighted by Crippen LogP contribution is -2.32. The number of amides is 1. The first-order valence-electron chi connectivity index (χ1n) is 9.14. The maximum Gasteiger partial charge on any atom is 0.254 e. The minimum Gasteiger partial charge on any atom is -0.361 e. The zero-order chi connectivity index (χ0) is 17.5. The predicted molar refractivity (Wildman–Crippen MR) is 105 cm³/mol. The van der Waals surface area contributed by atoms with E-state index in [1.54, 1.807) is 0 Å². The molecule has 0 atom stereocenters. The average Bonchev–Trinajstić information content (AvgIpc) is 3.41. The van der Waals surface area contributed by atoms with Gasteiger partial charge >= 0.3 is 0 Å². The van der Waals surface area contributed by atoms with Crippen LogP contribution in [0.1, 0.15) is 28.8 Å². The highest BCUT2D eigenvalue weighted by molar-refractivity contribution is 5.99. The molecule has 5 rings (SSSR count). The maximum atomic E-state index is 13.3. The van der Waals surface area contributed by atoms with E-state index in [4.69, 9.17) is 0 Å². The Balaban J connectivity index is 1.50. The number of carbonyl (C=O) groups excluding carboxylic acids is 1. The van der Waals surface area contributed by atoms with Gasteiger partial charge in [0.25, 0.3) is 5.91 Å². The Hall–Kier alpha value is -3.07. The van der Waals surface area contributed by atoms with Crippen molar-refractivity contribution in [1.29, 1.82) is 0 Å². The summed E-state index contributed by atoms with van der Waals surface area (Å²) in [6, 6.07) is 22.9. The first-order chi connectivity index (χ1) is 12.8. The molecule has 3 nitrogen and oxygen atoms in total. The molecule has 4 aromatic rings. The van der Waals surface area contributed by atoms with Crippen molar-refractivity contribution in [3.8, 4) is 0 Å². The molecule has 1 amide bonds. The van der Waals surface area contributed by atoms with E-state index < -0.39 is 0 Å². The van der Waals surface area contributed by atoms with Crippen LogP contribution in [-0.2, 0) is 6.54 Å². The van der Waals surface area contributed by atoms with Crippen LogP contribution in [0.15, 0.2) is 72.9 Å². The molecule has 3 aromatic carbocycles. The van der Waals surface area contributed by atoms with Crippen LogP contribution in [0, 0.1) is 0 Å². The molecule has 1 saturated carbocycles. The van der Waals surface area contributed by atoms with Gasteiger partial charge in [-0.3, -0.25) is 4.79 Å². The van der Waals surface area contributed by atoms with Gasteiger partial charge in [-0.1, -0.05) is 42.5 Å². The van der Waals surface area contributed by atoms with Crippen LogP contribution < -0.4 is 0 Å². The standard InChI is InChI=1S/C23H20N2O/c26-23(18-9-8-16-4-1-2-5-17(16)14-18)25(20-10-11-20)15-19-6-3-7-22-21(19)12-13-24-22/h1-9,12-14,20,24H,10-11,15H2. The largest absolute Gasteiger partial charge is 0.361 e. The van der Waals surface area contributed by atoms with E-state index in [-0.39, 0.29) is 5.91 Å². The van der Waals surface area contributed by atoms with Gasteiger partial charge < -0.3 is 9.88 Å². The van der Waals surface area contributed by atoms with Crippen molar-refractivity contribution in [2.24, 2.45) is 0 Å². The fraction of sp³-hybridized carbons (Fsp3) is 0.174. The summed E-state index contributed by atoms with van der Waals surface area (Å²) in [5.41, 5.74) is 3.10. The third kappa shape index (κ3) is 2.66. The highest BCUT2D eigenvalue weighted by Gasteiger charge is 2.33. The Morgan fingerprint density at radius 1 is 0.962 bits per heavy atom. The monoisotopic (exact) mass is 340 g/mol. The topological polar surface area (TPSA) is 36.1 Å². The van der Waals surface area contributed by atoms with Crippen LogP contribution in [0.2, 0.25) is 0 Å². The summed E-state index contributed by atoms with van der Waals surface area (Å²) in [6.07, 6.45) is 4.16. The molecule has 26 heavy (non-hydrogen) atoms. The Bertz CT molecular complexity index is 1110. The molecule has 0 aliphatic heterocycles. The number of H-pyrrole nitrogens is 1. The van der Waals surface area contributed by atoms with Crippen LogP contribution in [0.3, 0.4) is 0 Å². The SMILES string of the molecule is O=C(c1ccc2ccccc2c1)N(Cc1cccc2[nH]ccc12)C1CC1. The smallest absolute Gasteiger partial charge is 0.254 e. The molecule has 1 N–H and O–H groups in total. The molecule has 0 radical (unpaired) electrons. The van der Waals surface area contributed by atoms with Crippen LogP contribution in [0.5, 0.6) is 0 Å². The summed E-state index contributed by atoms with van der Waals surface area (Å²) in [7, 11) is 0. The Labute approximate surface area is 152 Å². The second-order valence-corrected chi connectivity index (χ2v) is 7.08. The molecule has 1 fully saturated rings. The normalized spacial score (nSPS) is 14.0. The van der Waals surface area contributed by atoms with Gasteiger partial charge in [-0.25, -0.2) is 0 Å². The van der Waals surface area contributed by atoms with E-state index in [1.165, 1.54) is 16.3 Å². The zero-order valence-corrected chi connectivity index (χ0v) is 14.5. The number of hydrogen-bond donors (Lipinski definition) is 1. The Morgan fingerprint density at radius 2 is 1.81 bits per heavy atom. The predicted octanol–water partition coefficient (Wildman–Crippen LogP) is 5.13. The van der Waals surface area contributed by atoms with Gasteiger partial charge in [0, 0.05) is 35.2 Å². The molecule has 0 saturated heterocycles. The van der Waals surface area contributed by atoms with E-state index in [2.05, 4.69) is 41.4 Å². The number of benzene rings is 3. The third-order valence-corrected chi connectivity index (χ3v) is 5.27. The number of carbonyl (C=O) groups is 1. The van der Waals surface area contributed by atoms with Crippen LogP contribution in [0.25, 0.3) is 21.7 Å². The molecule has 1 heterocycles. The van der Waals surface area contributed by atoms with Crippen molar-refractivity contribution < 1.29 is 4.79 Å². The Kier molecular flexibility index (Phi) is 3.52. The molecular weight excluding hydrogens is 320 g/mol. The number of aromatic amines is 1. The number of nitrogens with zero attached hydrogens (tertiary/aromatic N) is 1. The number of aromatic nitrogens is 1. The zero-order valence-electron chi connectivity index (χ0n) is 14.5. The van der Waals surface area contributed by atoms with Crippen LogP contribution in [-0.4, -0.2) is 21.8 Å². The van der Waals surface area contributed by atoms with Crippen molar-refractivity contribution in [2.45, 2.75) is 25.4 Å². The quantitative estimate of drug-likeness (QED) is 0.549. The van der Waals surface area contributed by atoms with Crippen LogP contribution in [0.4, 0.5) is 0 Å². The molecule has 0 spiro atoms. The Morgan fingerprint density at radius 3 is 2.65 bits per heavy atom. The first-order valence-corrected chi connectivity index (χ1v) is 9.14. The molecule has 0 unspecified atom stereocenters. The lowest BCUT2D eigenvalue weighted by molar-refractivity contribution is 0.0731. The van der Waals surface area contributed by atoms with Gasteiger partial charge in [0.1, 0.15) is 0 Å². The van der Waals surface area contributed by atoms with Gasteiger partial charge in [-0.2, -0.15) is 0 Å². The van der Waals surface area contributed by atoms with Gasteiger partial charge in [0.2, 0.25) is 0 Å². The molecular formula is C23H20N2O. The van der Waals surface area contributed by atoms with Crippen molar-refractivity contribution in [3.63, 3.8) is 0 Å². The van der Waals surface area contributed by atoms with Crippen molar-refractivity contribution in [2.75, 3.05) is 0 Å². The summed E-state index contributed by atoms with van der Waals surface area (Å²) in [4.78, 5) is 18.6. The molecule has 1 aliphatic carbocycles. The van der Waals surface area contributed by atoms with Gasteiger partial charge in [0.15, 0.2) is 0 Å². The summed E-state index contributed by atoms with van der Waals surface area (Å²) in [6.45, 7) is 0.658. The van der Waals surface area contributed by atoms with E-state index >= 15 is 0 Å². The second kappa shape index (κ2) is 6.03. The highest BCUT2D eigenvalue weighted by atomic mass is 16.2. The average molecular weight is 340 g/mol. The number of nitrogens with one attached hydrogen (secondary N) is 1. The minimum absolute atomic E-state index is 0.130. The van der Waals surface area contributed by atoms with Crippen molar-refractivity contribution >= 4 is 27.6 Å². The summed E-state index contributed by atoms with van der Waals surface area (Å²) in [5, 5.41) is 3.48. The van der Waals surface area contributed by atoms with Gasteiger partial charge in [-0.15, -0.1) is 0 Å². The van der Waals surface area contributed by atoms with Crippen molar-refractivity contribution in [1.82, 2.24) is 9.88 Å². The second-order valence-electron chi connectivity index (χ2n) is 7.08. The highest BCUT2D eigenvalue weighted by Crippen LogP contribution is 2.31. The van der Waals surface area contributed by atoms with Crippen molar-refractivity contribution in [3.05, 3.63) is 84.1 Å². The molecule has 128 valence electrons. The first kappa shape index (κ1) is 15.2.